The zero-order valence-corrected chi connectivity index (χ0v) is 12.5. The van der Waals surface area contributed by atoms with Gasteiger partial charge in [0.15, 0.2) is 0 Å². The maximum atomic E-state index is 11.3. The Hall–Kier alpha value is -0.830. The van der Waals surface area contributed by atoms with Gasteiger partial charge in [0.1, 0.15) is 18.1 Å². The van der Waals surface area contributed by atoms with Crippen LogP contribution in [0.5, 0.6) is 5.75 Å². The Morgan fingerprint density at radius 2 is 2.22 bits per heavy atom. The molecular weight excluding hydrogens is 292 g/mol. The van der Waals surface area contributed by atoms with E-state index in [9.17, 15) is 4.79 Å². The highest BCUT2D eigenvalue weighted by Gasteiger charge is 2.54. The fourth-order valence-electron chi connectivity index (χ4n) is 3.53. The topological polar surface area (TPSA) is 26.3 Å². The summed E-state index contributed by atoms with van der Waals surface area (Å²) in [7, 11) is 0. The second-order valence-corrected chi connectivity index (χ2v) is 6.73. The predicted octanol–water partition coefficient (Wildman–Crippen LogP) is 3.63. The highest BCUT2D eigenvalue weighted by molar-refractivity contribution is 9.10. The summed E-state index contributed by atoms with van der Waals surface area (Å²) < 4.78 is 7.16. The van der Waals surface area contributed by atoms with Crippen LogP contribution in [0.25, 0.3) is 0 Å². The van der Waals surface area contributed by atoms with Crippen LogP contribution < -0.4 is 4.74 Å². The van der Waals surface area contributed by atoms with Crippen molar-refractivity contribution in [1.82, 2.24) is 0 Å². The van der Waals surface area contributed by atoms with E-state index in [4.69, 9.17) is 4.74 Å². The Morgan fingerprint density at radius 1 is 1.50 bits per heavy atom. The molecule has 0 radical (unpaired) electrons. The summed E-state index contributed by atoms with van der Waals surface area (Å²) in [5.74, 6) is 1.31. The molecule has 0 saturated heterocycles. The lowest BCUT2D eigenvalue weighted by molar-refractivity contribution is -0.113. The van der Waals surface area contributed by atoms with Gasteiger partial charge in [-0.2, -0.15) is 0 Å². The number of rotatable bonds is 1. The summed E-state index contributed by atoms with van der Waals surface area (Å²) in [6, 6.07) is 4.26. The third-order valence-electron chi connectivity index (χ3n) is 4.95. The van der Waals surface area contributed by atoms with E-state index in [1.165, 1.54) is 11.1 Å². The molecule has 0 unspecified atom stereocenters. The number of hydrogen-bond donors (Lipinski definition) is 0. The molecule has 3 heteroatoms. The zero-order chi connectivity index (χ0) is 13.1. The van der Waals surface area contributed by atoms with Gasteiger partial charge < -0.3 is 9.53 Å². The van der Waals surface area contributed by atoms with Crippen molar-refractivity contribution in [3.8, 4) is 5.75 Å². The number of carbonyl (C=O) groups excluding carboxylic acids is 1. The summed E-state index contributed by atoms with van der Waals surface area (Å²) in [4.78, 5) is 11.3. The van der Waals surface area contributed by atoms with Crippen LogP contribution in [0.4, 0.5) is 0 Å². The first-order valence-corrected chi connectivity index (χ1v) is 7.19. The molecule has 1 aromatic carbocycles. The van der Waals surface area contributed by atoms with Gasteiger partial charge in [0.25, 0.3) is 0 Å². The number of carbonyl (C=O) groups is 1. The number of benzene rings is 1. The molecule has 18 heavy (non-hydrogen) atoms. The largest absolute Gasteiger partial charge is 0.489 e. The average molecular weight is 309 g/mol. The second kappa shape index (κ2) is 3.83. The monoisotopic (exact) mass is 308 g/mol. The van der Waals surface area contributed by atoms with E-state index in [-0.39, 0.29) is 17.4 Å². The van der Waals surface area contributed by atoms with Gasteiger partial charge >= 0.3 is 0 Å². The van der Waals surface area contributed by atoms with Crippen LogP contribution in [0.1, 0.15) is 31.4 Å². The van der Waals surface area contributed by atoms with Crippen molar-refractivity contribution in [3.63, 3.8) is 0 Å². The zero-order valence-electron chi connectivity index (χ0n) is 10.9. The lowest BCUT2D eigenvalue weighted by atomic mass is 9.72. The summed E-state index contributed by atoms with van der Waals surface area (Å²) >= 11 is 3.60. The molecule has 4 atom stereocenters. The van der Waals surface area contributed by atoms with Gasteiger partial charge in [-0.05, 0) is 37.0 Å². The normalized spacial score (nSPS) is 37.0. The minimum absolute atomic E-state index is 0.0153. The third kappa shape index (κ3) is 1.43. The van der Waals surface area contributed by atoms with Crippen molar-refractivity contribution >= 4 is 22.2 Å². The first kappa shape index (κ1) is 12.2. The van der Waals surface area contributed by atoms with E-state index in [1.807, 2.05) is 0 Å². The molecule has 2 aliphatic rings. The molecule has 1 saturated carbocycles. The van der Waals surface area contributed by atoms with Gasteiger partial charge in [-0.1, -0.05) is 29.8 Å². The van der Waals surface area contributed by atoms with Gasteiger partial charge in [-0.3, -0.25) is 0 Å². The maximum absolute atomic E-state index is 11.3. The van der Waals surface area contributed by atoms with E-state index in [0.29, 0.717) is 5.92 Å². The number of ether oxygens (including phenoxy) is 1. The highest BCUT2D eigenvalue weighted by Crippen LogP contribution is 2.55. The van der Waals surface area contributed by atoms with Crippen molar-refractivity contribution in [2.75, 3.05) is 0 Å². The Balaban J connectivity index is 2.18. The van der Waals surface area contributed by atoms with Crippen molar-refractivity contribution in [2.24, 2.45) is 11.8 Å². The molecule has 3 rings (SSSR count). The lowest BCUT2D eigenvalue weighted by Gasteiger charge is -2.35. The Labute approximate surface area is 116 Å². The van der Waals surface area contributed by atoms with Crippen LogP contribution in [0.2, 0.25) is 0 Å². The van der Waals surface area contributed by atoms with E-state index >= 15 is 0 Å². The molecule has 0 spiro atoms. The predicted molar refractivity (Wildman–Crippen MR) is 74.0 cm³/mol. The molecule has 2 nitrogen and oxygen atoms in total. The van der Waals surface area contributed by atoms with Crippen LogP contribution in [-0.2, 0) is 10.2 Å². The molecule has 1 aliphatic heterocycles. The second-order valence-electron chi connectivity index (χ2n) is 5.88. The molecule has 2 bridgehead atoms. The number of aldehydes is 1. The molecule has 96 valence electrons. The fourth-order valence-corrected chi connectivity index (χ4v) is 3.87. The lowest BCUT2D eigenvalue weighted by Crippen LogP contribution is -2.30. The van der Waals surface area contributed by atoms with Crippen LogP contribution >= 0.6 is 15.9 Å². The minimum atomic E-state index is 0.0153. The highest BCUT2D eigenvalue weighted by atomic mass is 79.9. The molecule has 1 heterocycles. The van der Waals surface area contributed by atoms with Gasteiger partial charge in [0.05, 0.1) is 5.92 Å². The Bertz CT molecular complexity index is 525. The van der Waals surface area contributed by atoms with Crippen LogP contribution in [0.15, 0.2) is 16.6 Å². The first-order valence-electron chi connectivity index (χ1n) is 6.40. The van der Waals surface area contributed by atoms with Crippen molar-refractivity contribution in [3.05, 3.63) is 27.7 Å². The van der Waals surface area contributed by atoms with E-state index in [1.54, 1.807) is 0 Å². The summed E-state index contributed by atoms with van der Waals surface area (Å²) in [6.45, 7) is 6.50. The van der Waals surface area contributed by atoms with Crippen molar-refractivity contribution in [1.29, 1.82) is 0 Å². The minimum Gasteiger partial charge on any atom is -0.489 e. The summed E-state index contributed by atoms with van der Waals surface area (Å²) in [5.41, 5.74) is 2.47. The molecule has 0 amide bonds. The van der Waals surface area contributed by atoms with E-state index in [2.05, 4.69) is 48.8 Å². The van der Waals surface area contributed by atoms with Gasteiger partial charge in [-0.25, -0.2) is 0 Å². The van der Waals surface area contributed by atoms with E-state index in [0.717, 1.165) is 22.9 Å². The molecule has 0 aromatic heterocycles. The van der Waals surface area contributed by atoms with Crippen molar-refractivity contribution in [2.45, 2.75) is 38.7 Å². The number of fused-ring (bicyclic) bond motifs is 4. The summed E-state index contributed by atoms with van der Waals surface area (Å²) in [5, 5.41) is 0. The molecule has 1 fully saturated rings. The van der Waals surface area contributed by atoms with Crippen LogP contribution in [0.3, 0.4) is 0 Å². The van der Waals surface area contributed by atoms with Crippen LogP contribution in [0, 0.1) is 18.8 Å². The molecular formula is C15H17BrO2. The fraction of sp³-hybridized carbons (Fsp3) is 0.533. The van der Waals surface area contributed by atoms with Crippen molar-refractivity contribution < 1.29 is 9.53 Å². The van der Waals surface area contributed by atoms with E-state index < -0.39 is 0 Å². The SMILES string of the molecule is Cc1cc2c(cc1Br)[C@]1(C)C[C@H](O2)[C@@H](C=O)[C@@H]1C. The number of halogens is 1. The summed E-state index contributed by atoms with van der Waals surface area (Å²) in [6.07, 6.45) is 2.07. The molecule has 1 aliphatic carbocycles. The Kier molecular flexibility index (Phi) is 2.60. The van der Waals surface area contributed by atoms with Crippen LogP contribution in [-0.4, -0.2) is 12.4 Å². The average Bonchev–Trinajstić information content (AvgIpc) is 2.52. The first-order chi connectivity index (χ1) is 8.47. The Morgan fingerprint density at radius 3 is 2.89 bits per heavy atom. The number of hydrogen-bond acceptors (Lipinski definition) is 2. The number of aryl methyl sites for hydroxylation is 1. The third-order valence-corrected chi connectivity index (χ3v) is 5.80. The smallest absolute Gasteiger partial charge is 0.127 e. The molecule has 0 N–H and O–H groups in total. The van der Waals surface area contributed by atoms with Gasteiger partial charge in [0, 0.05) is 15.5 Å². The molecule has 1 aromatic rings. The van der Waals surface area contributed by atoms with Gasteiger partial charge in [-0.15, -0.1) is 0 Å². The quantitative estimate of drug-likeness (QED) is 0.741. The van der Waals surface area contributed by atoms with Gasteiger partial charge in [0.2, 0.25) is 0 Å². The maximum Gasteiger partial charge on any atom is 0.127 e. The standard InChI is InChI=1S/C15H17BrO2/c1-8-4-13-11(5-12(8)16)15(3)6-14(18-13)10(7-17)9(15)2/h4-5,7,9-10,14H,6H2,1-3H3/t9-,10-,14-,15+/m0/s1.